The summed E-state index contributed by atoms with van der Waals surface area (Å²) in [5.74, 6) is -1.64. The summed E-state index contributed by atoms with van der Waals surface area (Å²) in [6.45, 7) is -0.544. The van der Waals surface area contributed by atoms with Gasteiger partial charge in [-0.2, -0.15) is 0 Å². The van der Waals surface area contributed by atoms with Gasteiger partial charge in [-0.3, -0.25) is 4.79 Å². The molecular weight excluding hydrogens is 474 g/mol. The number of ether oxygens (including phenoxy) is 1. The van der Waals surface area contributed by atoms with E-state index in [0.29, 0.717) is 15.6 Å². The van der Waals surface area contributed by atoms with Gasteiger partial charge in [-0.25, -0.2) is 18.4 Å². The molecule has 0 saturated carbocycles. The van der Waals surface area contributed by atoms with Gasteiger partial charge in [0, 0.05) is 16.6 Å². The molecule has 0 unspecified atom stereocenters. The molecule has 0 aliphatic rings. The third-order valence-corrected chi connectivity index (χ3v) is 5.65. The highest BCUT2D eigenvalue weighted by atomic mass is 35.5. The van der Waals surface area contributed by atoms with Crippen molar-refractivity contribution in [3.05, 3.63) is 61.5 Å². The molecule has 0 bridgehead atoms. The number of nitrogens with two attached hydrogens (primary N) is 1. The average Bonchev–Trinajstić information content (AvgIpc) is 2.57. The summed E-state index contributed by atoms with van der Waals surface area (Å²) in [6.07, 6.45) is 0. The number of rotatable bonds is 6. The number of hydrogen-bond donors (Lipinski definition) is 2. The Balaban J connectivity index is 2.01. The Bertz CT molecular complexity index is 1040. The normalized spacial score (nSPS) is 11.2. The van der Waals surface area contributed by atoms with E-state index in [1.807, 2.05) is 0 Å². The minimum atomic E-state index is -4.18. The lowest BCUT2D eigenvalue weighted by atomic mass is 10.2. The molecule has 0 atom stereocenters. The van der Waals surface area contributed by atoms with Crippen LogP contribution in [0.4, 0.5) is 0 Å². The first-order valence-electron chi connectivity index (χ1n) is 7.38. The second-order valence-electron chi connectivity index (χ2n) is 5.40. The van der Waals surface area contributed by atoms with E-state index in [-0.39, 0.29) is 22.2 Å². The van der Waals surface area contributed by atoms with Crippen LogP contribution >= 0.6 is 46.4 Å². The van der Waals surface area contributed by atoms with Gasteiger partial charge in [0.1, 0.15) is 4.90 Å². The molecule has 0 heterocycles. The number of sulfonamides is 1. The maximum Gasteiger partial charge on any atom is 0.340 e. The van der Waals surface area contributed by atoms with Crippen LogP contribution in [0.25, 0.3) is 0 Å². The van der Waals surface area contributed by atoms with Crippen LogP contribution in [0.5, 0.6) is 0 Å². The van der Waals surface area contributed by atoms with Crippen molar-refractivity contribution in [2.75, 3.05) is 6.61 Å². The highest BCUT2D eigenvalue weighted by Crippen LogP contribution is 2.28. The minimum Gasteiger partial charge on any atom is -0.452 e. The van der Waals surface area contributed by atoms with Gasteiger partial charge in [-0.1, -0.05) is 52.5 Å². The smallest absolute Gasteiger partial charge is 0.340 e. The summed E-state index contributed by atoms with van der Waals surface area (Å²) in [7, 11) is -4.18. The second kappa shape index (κ2) is 9.30. The van der Waals surface area contributed by atoms with E-state index < -0.39 is 33.4 Å². The third-order valence-electron chi connectivity index (χ3n) is 3.37. The van der Waals surface area contributed by atoms with Crippen LogP contribution in [0.2, 0.25) is 20.1 Å². The first-order chi connectivity index (χ1) is 13.0. The predicted octanol–water partition coefficient (Wildman–Crippen LogP) is 3.42. The summed E-state index contributed by atoms with van der Waals surface area (Å²) in [4.78, 5) is 23.5. The molecule has 0 aliphatic carbocycles. The van der Waals surface area contributed by atoms with Gasteiger partial charge in [0.25, 0.3) is 5.91 Å². The molecule has 2 aromatic rings. The lowest BCUT2D eigenvalue weighted by Gasteiger charge is -2.10. The van der Waals surface area contributed by atoms with E-state index in [0.717, 1.165) is 12.1 Å². The van der Waals surface area contributed by atoms with Gasteiger partial charge in [0.05, 0.1) is 15.6 Å². The van der Waals surface area contributed by atoms with E-state index in [2.05, 4.69) is 5.32 Å². The Hall–Kier alpha value is -1.55. The summed E-state index contributed by atoms with van der Waals surface area (Å²) in [5.41, 5.74) is 0.313. The highest BCUT2D eigenvalue weighted by Gasteiger charge is 2.21. The molecule has 150 valence electrons. The zero-order valence-electron chi connectivity index (χ0n) is 13.8. The number of primary sulfonamides is 1. The van der Waals surface area contributed by atoms with E-state index in [4.69, 9.17) is 56.3 Å². The van der Waals surface area contributed by atoms with Crippen molar-refractivity contribution in [2.45, 2.75) is 11.4 Å². The molecular formula is C16H12Cl4N2O5S. The first kappa shape index (κ1) is 22.7. The number of amides is 1. The number of halogens is 4. The first-order valence-corrected chi connectivity index (χ1v) is 10.4. The van der Waals surface area contributed by atoms with Crippen LogP contribution in [0.15, 0.2) is 35.2 Å². The Morgan fingerprint density at radius 2 is 1.68 bits per heavy atom. The van der Waals surface area contributed by atoms with Gasteiger partial charge in [-0.15, -0.1) is 0 Å². The van der Waals surface area contributed by atoms with Gasteiger partial charge in [0.2, 0.25) is 10.0 Å². The zero-order chi connectivity index (χ0) is 21.1. The topological polar surface area (TPSA) is 116 Å². The molecule has 12 heteroatoms. The Morgan fingerprint density at radius 1 is 1.00 bits per heavy atom. The maximum atomic E-state index is 12.1. The number of esters is 1. The molecule has 0 aliphatic heterocycles. The van der Waals surface area contributed by atoms with E-state index in [9.17, 15) is 18.0 Å². The van der Waals surface area contributed by atoms with Gasteiger partial charge in [-0.05, 0) is 29.8 Å². The largest absolute Gasteiger partial charge is 0.452 e. The summed E-state index contributed by atoms with van der Waals surface area (Å²) >= 11 is 23.4. The number of carbonyl (C=O) groups excluding carboxylic acids is 2. The van der Waals surface area contributed by atoms with Gasteiger partial charge in [0.15, 0.2) is 6.61 Å². The Morgan fingerprint density at radius 3 is 2.29 bits per heavy atom. The SMILES string of the molecule is NS(=O)(=O)c1cc(C(=O)OCC(=O)NCc2ccc(Cl)cc2Cl)c(Cl)cc1Cl. The third kappa shape index (κ3) is 5.97. The molecule has 2 rings (SSSR count). The monoisotopic (exact) mass is 484 g/mol. The molecule has 0 radical (unpaired) electrons. The van der Waals surface area contributed by atoms with Crippen molar-refractivity contribution in [3.8, 4) is 0 Å². The number of benzene rings is 2. The molecule has 0 spiro atoms. The van der Waals surface area contributed by atoms with Crippen LogP contribution in [-0.4, -0.2) is 26.9 Å². The fraction of sp³-hybridized carbons (Fsp3) is 0.125. The molecule has 28 heavy (non-hydrogen) atoms. The van der Waals surface area contributed by atoms with Crippen LogP contribution in [0.1, 0.15) is 15.9 Å². The summed E-state index contributed by atoms with van der Waals surface area (Å²) in [6, 6.07) is 6.70. The molecule has 7 nitrogen and oxygen atoms in total. The van der Waals surface area contributed by atoms with Crippen molar-refractivity contribution >= 4 is 68.3 Å². The lowest BCUT2D eigenvalue weighted by molar-refractivity contribution is -0.124. The molecule has 1 amide bonds. The van der Waals surface area contributed by atoms with Gasteiger partial charge >= 0.3 is 5.97 Å². The lowest BCUT2D eigenvalue weighted by Crippen LogP contribution is -2.28. The van der Waals surface area contributed by atoms with E-state index in [1.54, 1.807) is 12.1 Å². The number of nitrogens with one attached hydrogen (secondary N) is 1. The Labute approximate surface area is 180 Å². The predicted molar refractivity (Wildman–Crippen MR) is 106 cm³/mol. The fourth-order valence-corrected chi connectivity index (χ4v) is 3.89. The molecule has 2 aromatic carbocycles. The minimum absolute atomic E-state index is 0.0870. The van der Waals surface area contributed by atoms with Crippen molar-refractivity contribution in [1.29, 1.82) is 0 Å². The molecule has 0 fully saturated rings. The maximum absolute atomic E-state index is 12.1. The number of carbonyl (C=O) groups is 2. The standard InChI is InChI=1S/C16H12Cl4N2O5S/c17-9-2-1-8(11(18)3-9)6-22-15(23)7-27-16(24)10-4-14(28(21,25)26)13(20)5-12(10)19/h1-5H,6-7H2,(H,22,23)(H2,21,25,26). The van der Waals surface area contributed by atoms with Crippen molar-refractivity contribution < 1.29 is 22.7 Å². The van der Waals surface area contributed by atoms with E-state index >= 15 is 0 Å². The van der Waals surface area contributed by atoms with Crippen molar-refractivity contribution in [2.24, 2.45) is 5.14 Å². The highest BCUT2D eigenvalue weighted by molar-refractivity contribution is 7.89. The number of hydrogen-bond acceptors (Lipinski definition) is 5. The van der Waals surface area contributed by atoms with Crippen molar-refractivity contribution in [3.63, 3.8) is 0 Å². The van der Waals surface area contributed by atoms with Gasteiger partial charge < -0.3 is 10.1 Å². The Kier molecular flexibility index (Phi) is 7.55. The molecule has 0 saturated heterocycles. The fourth-order valence-electron chi connectivity index (χ4n) is 2.02. The zero-order valence-corrected chi connectivity index (χ0v) is 17.7. The second-order valence-corrected chi connectivity index (χ2v) is 8.58. The van der Waals surface area contributed by atoms with Crippen LogP contribution < -0.4 is 10.5 Å². The molecule has 3 N–H and O–H groups in total. The average molecular weight is 486 g/mol. The van der Waals surface area contributed by atoms with Crippen LogP contribution in [-0.2, 0) is 26.1 Å². The molecule has 0 aromatic heterocycles. The van der Waals surface area contributed by atoms with Crippen molar-refractivity contribution in [1.82, 2.24) is 5.32 Å². The van der Waals surface area contributed by atoms with E-state index in [1.165, 1.54) is 6.07 Å². The quantitative estimate of drug-likeness (QED) is 0.608. The summed E-state index contributed by atoms with van der Waals surface area (Å²) < 4.78 is 27.8. The van der Waals surface area contributed by atoms with Crippen LogP contribution in [0, 0.1) is 0 Å². The van der Waals surface area contributed by atoms with Crippen LogP contribution in [0.3, 0.4) is 0 Å². The summed E-state index contributed by atoms with van der Waals surface area (Å²) in [5, 5.41) is 7.95.